The first kappa shape index (κ1) is 35.6. The smallest absolute Gasteiger partial charge is 0.550 e. The molecule has 0 aliphatic heterocycles. The third-order valence-corrected chi connectivity index (χ3v) is 4.96. The molecule has 9 nitrogen and oxygen atoms in total. The van der Waals surface area contributed by atoms with Crippen LogP contribution in [0.3, 0.4) is 0 Å². The van der Waals surface area contributed by atoms with Gasteiger partial charge in [0.15, 0.2) is 0 Å². The van der Waals surface area contributed by atoms with Crippen molar-refractivity contribution in [3.05, 3.63) is 29.8 Å². The molecule has 2 N–H and O–H groups in total. The number of halogens is 2. The summed E-state index contributed by atoms with van der Waals surface area (Å²) < 4.78 is 0. The van der Waals surface area contributed by atoms with Crippen molar-refractivity contribution in [1.29, 1.82) is 0 Å². The van der Waals surface area contributed by atoms with Gasteiger partial charge in [0.05, 0.1) is 12.0 Å². The van der Waals surface area contributed by atoms with Crippen LogP contribution in [-0.4, -0.2) is 60.7 Å². The second-order valence-corrected chi connectivity index (χ2v) is 7.89. The summed E-state index contributed by atoms with van der Waals surface area (Å²) in [5.74, 6) is -3.15. The van der Waals surface area contributed by atoms with E-state index in [9.17, 15) is 29.4 Å². The summed E-state index contributed by atoms with van der Waals surface area (Å²) >= 11 is 11.7. The Morgan fingerprint density at radius 1 is 0.941 bits per heavy atom. The van der Waals surface area contributed by atoms with Gasteiger partial charge in [-0.1, -0.05) is 12.1 Å². The van der Waals surface area contributed by atoms with E-state index in [1.54, 1.807) is 12.1 Å². The number of hydrogen-bond donors (Lipinski definition) is 2. The van der Waals surface area contributed by atoms with Crippen molar-refractivity contribution in [3.63, 3.8) is 0 Å². The largest absolute Gasteiger partial charge is 1.00 e. The number of rotatable bonds is 15. The van der Waals surface area contributed by atoms with Crippen molar-refractivity contribution in [2.75, 3.05) is 29.7 Å². The van der Waals surface area contributed by atoms with Crippen LogP contribution in [0.2, 0.25) is 0 Å². The van der Waals surface area contributed by atoms with E-state index in [1.165, 1.54) is 6.92 Å². The first-order valence-electron chi connectivity index (χ1n) is 10.1. The van der Waals surface area contributed by atoms with Gasteiger partial charge in [0.1, 0.15) is 6.04 Å². The number of carboxylic acid groups (broad SMARTS) is 2. The molecular formula is C21H27Cl2N3Na2O6. The standard InChI is InChI=1S/C21H29Cl2N3O6.2Na/c1-14(27)24-18(20(30)25-17(21(31)32)3-2-4-19(28)29)13-15-5-7-16(8-6-15)26(11-9-22)12-10-23;;/h5-8,17-18H,2-4,9-13H2,1H3,(H,24,27)(H,25,30)(H,28,29)(H,31,32);;/q;2*+1/p-2. The SMILES string of the molecule is CC(=O)NC(Cc1ccc(N(CCCl)CCCl)cc1)C(=O)NC(CCCC(=O)[O-])C(=O)[O-].[Na+].[Na+]. The monoisotopic (exact) mass is 533 g/mol. The van der Waals surface area contributed by atoms with Gasteiger partial charge in [-0.3, -0.25) is 9.59 Å². The maximum Gasteiger partial charge on any atom is 1.00 e. The van der Waals surface area contributed by atoms with Gasteiger partial charge in [0.2, 0.25) is 11.8 Å². The molecule has 0 aromatic heterocycles. The Balaban J connectivity index is 0. The Bertz CT molecular complexity index is 780. The molecule has 0 saturated carbocycles. The van der Waals surface area contributed by atoms with Gasteiger partial charge in [0.25, 0.3) is 0 Å². The molecule has 0 fully saturated rings. The molecule has 2 amide bonds. The number of aliphatic carboxylic acids is 2. The van der Waals surface area contributed by atoms with Crippen molar-refractivity contribution < 1.29 is 88.5 Å². The molecule has 0 bridgehead atoms. The fraction of sp³-hybridized carbons (Fsp3) is 0.524. The van der Waals surface area contributed by atoms with Crippen LogP contribution in [0, 0.1) is 0 Å². The summed E-state index contributed by atoms with van der Waals surface area (Å²) in [7, 11) is 0. The summed E-state index contributed by atoms with van der Waals surface area (Å²) in [6.07, 6.45) is -0.365. The number of hydrogen-bond acceptors (Lipinski definition) is 7. The molecule has 0 saturated heterocycles. The molecule has 2 unspecified atom stereocenters. The quantitative estimate of drug-likeness (QED) is 0.168. The van der Waals surface area contributed by atoms with E-state index in [-0.39, 0.29) is 84.8 Å². The third-order valence-electron chi connectivity index (χ3n) is 4.62. The minimum Gasteiger partial charge on any atom is -0.550 e. The Hall–Kier alpha value is -0.520. The van der Waals surface area contributed by atoms with Gasteiger partial charge in [-0.25, -0.2) is 0 Å². The van der Waals surface area contributed by atoms with Crippen molar-refractivity contribution in [2.24, 2.45) is 0 Å². The van der Waals surface area contributed by atoms with Crippen LogP contribution >= 0.6 is 23.2 Å². The number of carboxylic acids is 2. The number of nitrogens with zero attached hydrogens (tertiary/aromatic N) is 1. The zero-order valence-corrected chi connectivity index (χ0v) is 25.3. The van der Waals surface area contributed by atoms with Crippen LogP contribution < -0.4 is 84.9 Å². The Morgan fingerprint density at radius 3 is 1.94 bits per heavy atom. The Kier molecular flexibility index (Phi) is 20.6. The maximum absolute atomic E-state index is 12.7. The number of carbonyl (C=O) groups is 4. The van der Waals surface area contributed by atoms with Gasteiger partial charge >= 0.3 is 59.1 Å². The Labute approximate surface area is 253 Å². The summed E-state index contributed by atoms with van der Waals surface area (Å²) in [6, 6.07) is 4.87. The van der Waals surface area contributed by atoms with Gasteiger partial charge in [-0.2, -0.15) is 0 Å². The van der Waals surface area contributed by atoms with Crippen LogP contribution in [0.1, 0.15) is 31.7 Å². The molecule has 0 radical (unpaired) electrons. The van der Waals surface area contributed by atoms with Crippen molar-refractivity contribution in [3.8, 4) is 0 Å². The van der Waals surface area contributed by atoms with E-state index in [0.29, 0.717) is 24.8 Å². The van der Waals surface area contributed by atoms with Crippen LogP contribution in [0.25, 0.3) is 0 Å². The van der Waals surface area contributed by atoms with E-state index in [4.69, 9.17) is 23.2 Å². The first-order chi connectivity index (χ1) is 15.2. The number of carbonyl (C=O) groups excluding carboxylic acids is 4. The van der Waals surface area contributed by atoms with Crippen LogP contribution in [0.15, 0.2) is 24.3 Å². The summed E-state index contributed by atoms with van der Waals surface area (Å²) in [6.45, 7) is 2.48. The average molecular weight is 534 g/mol. The molecule has 178 valence electrons. The molecule has 0 aliphatic carbocycles. The molecule has 2 atom stereocenters. The molecular weight excluding hydrogens is 507 g/mol. The summed E-state index contributed by atoms with van der Waals surface area (Å²) in [5.41, 5.74) is 1.64. The van der Waals surface area contributed by atoms with E-state index >= 15 is 0 Å². The first-order valence-corrected chi connectivity index (χ1v) is 11.2. The second-order valence-electron chi connectivity index (χ2n) is 7.13. The van der Waals surface area contributed by atoms with Crippen LogP contribution in [0.4, 0.5) is 5.69 Å². The minimum absolute atomic E-state index is 0. The van der Waals surface area contributed by atoms with Gasteiger partial charge in [-0.15, -0.1) is 23.2 Å². The van der Waals surface area contributed by atoms with E-state index < -0.39 is 35.8 Å². The molecule has 13 heteroatoms. The van der Waals surface area contributed by atoms with Crippen molar-refractivity contribution >= 4 is 52.6 Å². The molecule has 0 spiro atoms. The summed E-state index contributed by atoms with van der Waals surface area (Å²) in [4.78, 5) is 48.1. The minimum atomic E-state index is -1.54. The normalized spacial score (nSPS) is 11.7. The van der Waals surface area contributed by atoms with E-state index in [2.05, 4.69) is 10.6 Å². The zero-order valence-electron chi connectivity index (χ0n) is 19.8. The molecule has 1 rings (SSSR count). The fourth-order valence-electron chi connectivity index (χ4n) is 3.08. The Morgan fingerprint density at radius 2 is 1.50 bits per heavy atom. The zero-order chi connectivity index (χ0) is 24.1. The molecule has 0 heterocycles. The molecule has 34 heavy (non-hydrogen) atoms. The predicted octanol–water partition coefficient (Wildman–Crippen LogP) is -6.82. The molecule has 1 aromatic rings. The van der Waals surface area contributed by atoms with Gasteiger partial charge < -0.3 is 35.3 Å². The van der Waals surface area contributed by atoms with Crippen molar-refractivity contribution in [2.45, 2.75) is 44.7 Å². The topological polar surface area (TPSA) is 142 Å². The summed E-state index contributed by atoms with van der Waals surface area (Å²) in [5, 5.41) is 26.7. The van der Waals surface area contributed by atoms with Gasteiger partial charge in [-0.05, 0) is 37.0 Å². The number of alkyl halides is 2. The number of amides is 2. The van der Waals surface area contributed by atoms with Crippen molar-refractivity contribution in [1.82, 2.24) is 10.6 Å². The second kappa shape index (κ2) is 19.6. The fourth-order valence-corrected chi connectivity index (χ4v) is 3.49. The van der Waals surface area contributed by atoms with Crippen LogP contribution in [0.5, 0.6) is 0 Å². The van der Waals surface area contributed by atoms with E-state index in [0.717, 1.165) is 11.3 Å². The third kappa shape index (κ3) is 14.1. The van der Waals surface area contributed by atoms with Gasteiger partial charge in [0, 0.05) is 49.9 Å². The van der Waals surface area contributed by atoms with E-state index in [1.807, 2.05) is 17.0 Å². The number of benzene rings is 1. The van der Waals surface area contributed by atoms with Crippen LogP contribution in [-0.2, 0) is 25.6 Å². The number of nitrogens with one attached hydrogen (secondary N) is 2. The maximum atomic E-state index is 12.7. The average Bonchev–Trinajstić information content (AvgIpc) is 2.72. The number of anilines is 1. The molecule has 1 aromatic carbocycles. The molecule has 0 aliphatic rings. The predicted molar refractivity (Wildman–Crippen MR) is 117 cm³/mol.